The van der Waals surface area contributed by atoms with Gasteiger partial charge in [-0.3, -0.25) is 0 Å². The average Bonchev–Trinajstić information content (AvgIpc) is 2.75. The number of nitrogens with zero attached hydrogens (tertiary/aromatic N) is 3. The first-order valence-corrected chi connectivity index (χ1v) is 10.9. The molecule has 1 unspecified atom stereocenters. The fraction of sp³-hybridized carbons (Fsp3) is 0.450. The number of pyridine rings is 1. The van der Waals surface area contributed by atoms with Gasteiger partial charge in [-0.2, -0.15) is 4.31 Å². The second-order valence-electron chi connectivity index (χ2n) is 7.03. The number of likely N-dealkylation sites (N-methyl/N-ethyl adjacent to an activating group) is 1. The van der Waals surface area contributed by atoms with Gasteiger partial charge in [0.05, 0.1) is 26.4 Å². The third-order valence-electron chi connectivity index (χ3n) is 4.92. The molecule has 1 aromatic heterocycles. The van der Waals surface area contributed by atoms with Crippen LogP contribution in [0.4, 0.5) is 5.82 Å². The van der Waals surface area contributed by atoms with Crippen molar-refractivity contribution in [2.24, 2.45) is 0 Å². The first kappa shape index (κ1) is 21.5. The van der Waals surface area contributed by atoms with E-state index in [1.165, 1.54) is 10.5 Å². The quantitative estimate of drug-likeness (QED) is 0.697. The minimum Gasteiger partial charge on any atom is -0.497 e. The van der Waals surface area contributed by atoms with Gasteiger partial charge in [0.15, 0.2) is 0 Å². The lowest BCUT2D eigenvalue weighted by Gasteiger charge is -2.26. The van der Waals surface area contributed by atoms with Crippen LogP contribution in [0.3, 0.4) is 0 Å². The lowest BCUT2D eigenvalue weighted by atomic mass is 10.1. The van der Waals surface area contributed by atoms with Crippen molar-refractivity contribution >= 4 is 15.8 Å². The van der Waals surface area contributed by atoms with Crippen LogP contribution in [-0.4, -0.2) is 76.7 Å². The van der Waals surface area contributed by atoms with Gasteiger partial charge in [-0.15, -0.1) is 0 Å². The van der Waals surface area contributed by atoms with Crippen LogP contribution in [0.1, 0.15) is 11.6 Å². The lowest BCUT2D eigenvalue weighted by Crippen LogP contribution is -2.40. The van der Waals surface area contributed by atoms with E-state index in [9.17, 15) is 8.42 Å². The van der Waals surface area contributed by atoms with Crippen LogP contribution in [0.25, 0.3) is 0 Å². The lowest BCUT2D eigenvalue weighted by molar-refractivity contribution is 0.0730. The van der Waals surface area contributed by atoms with Crippen LogP contribution in [0.2, 0.25) is 0 Å². The van der Waals surface area contributed by atoms with E-state index < -0.39 is 10.0 Å². The number of rotatable bonds is 8. The highest BCUT2D eigenvalue weighted by Crippen LogP contribution is 2.23. The van der Waals surface area contributed by atoms with Crippen molar-refractivity contribution in [1.29, 1.82) is 0 Å². The van der Waals surface area contributed by atoms with Gasteiger partial charge < -0.3 is 19.7 Å². The largest absolute Gasteiger partial charge is 0.497 e. The zero-order valence-electron chi connectivity index (χ0n) is 17.0. The molecule has 0 radical (unpaired) electrons. The van der Waals surface area contributed by atoms with Gasteiger partial charge >= 0.3 is 0 Å². The summed E-state index contributed by atoms with van der Waals surface area (Å²) in [5.41, 5.74) is 1.12. The van der Waals surface area contributed by atoms with Crippen LogP contribution in [0.15, 0.2) is 47.5 Å². The van der Waals surface area contributed by atoms with Crippen molar-refractivity contribution in [3.8, 4) is 5.75 Å². The molecule has 0 bridgehead atoms. The number of methoxy groups -OCH3 is 1. The minimum absolute atomic E-state index is 0.101. The van der Waals surface area contributed by atoms with E-state index in [4.69, 9.17) is 9.47 Å². The molecule has 0 saturated carbocycles. The van der Waals surface area contributed by atoms with E-state index in [0.29, 0.717) is 38.7 Å². The molecule has 158 valence electrons. The Kier molecular flexibility index (Phi) is 7.07. The fourth-order valence-electron chi connectivity index (χ4n) is 3.22. The second kappa shape index (κ2) is 9.53. The molecule has 0 spiro atoms. The molecule has 8 nitrogen and oxygen atoms in total. The van der Waals surface area contributed by atoms with Crippen molar-refractivity contribution in [2.45, 2.75) is 10.9 Å². The van der Waals surface area contributed by atoms with Crippen molar-refractivity contribution in [1.82, 2.24) is 14.2 Å². The Bertz CT molecular complexity index is 897. The summed E-state index contributed by atoms with van der Waals surface area (Å²) in [6.07, 6.45) is 1.41. The monoisotopic (exact) mass is 420 g/mol. The highest BCUT2D eigenvalue weighted by atomic mass is 32.2. The standard InChI is InChI=1S/C20H28N4O4S/c1-23(2)19(16-5-4-6-17(13-16)27-3)15-22-20-8-7-18(14-21-20)29(25,26)24-9-11-28-12-10-24/h4-8,13-14,19H,9-12,15H2,1-3H3,(H,21,22). The number of benzene rings is 1. The van der Waals surface area contributed by atoms with Gasteiger partial charge in [0.25, 0.3) is 0 Å². The van der Waals surface area contributed by atoms with Crippen LogP contribution >= 0.6 is 0 Å². The number of ether oxygens (including phenoxy) is 2. The molecular weight excluding hydrogens is 392 g/mol. The highest BCUT2D eigenvalue weighted by Gasteiger charge is 2.26. The molecule has 1 N–H and O–H groups in total. The SMILES string of the molecule is COc1cccc(C(CNc2ccc(S(=O)(=O)N3CCOCC3)cn2)N(C)C)c1. The summed E-state index contributed by atoms with van der Waals surface area (Å²) >= 11 is 0. The van der Waals surface area contributed by atoms with E-state index >= 15 is 0 Å². The van der Waals surface area contributed by atoms with Crippen LogP contribution < -0.4 is 10.1 Å². The van der Waals surface area contributed by atoms with Gasteiger partial charge in [-0.05, 0) is 43.9 Å². The highest BCUT2D eigenvalue weighted by molar-refractivity contribution is 7.89. The third kappa shape index (κ3) is 5.24. The van der Waals surface area contributed by atoms with Crippen molar-refractivity contribution < 1.29 is 17.9 Å². The Labute approximate surface area is 172 Å². The third-order valence-corrected chi connectivity index (χ3v) is 6.80. The minimum atomic E-state index is -3.53. The summed E-state index contributed by atoms with van der Waals surface area (Å²) in [6.45, 7) is 2.19. The van der Waals surface area contributed by atoms with Gasteiger partial charge in [0.1, 0.15) is 16.5 Å². The summed E-state index contributed by atoms with van der Waals surface area (Å²) in [7, 11) is 2.14. The number of hydrogen-bond donors (Lipinski definition) is 1. The Morgan fingerprint density at radius 3 is 2.62 bits per heavy atom. The average molecular weight is 421 g/mol. The fourth-order valence-corrected chi connectivity index (χ4v) is 4.58. The zero-order valence-corrected chi connectivity index (χ0v) is 17.9. The number of morpholine rings is 1. The molecule has 0 aliphatic carbocycles. The maximum Gasteiger partial charge on any atom is 0.244 e. The smallest absolute Gasteiger partial charge is 0.244 e. The Hall–Kier alpha value is -2.20. The summed E-state index contributed by atoms with van der Waals surface area (Å²) in [6, 6.07) is 11.3. The van der Waals surface area contributed by atoms with Crippen LogP contribution in [0, 0.1) is 0 Å². The zero-order chi connectivity index (χ0) is 20.9. The van der Waals surface area contributed by atoms with Crippen LogP contribution in [0.5, 0.6) is 5.75 Å². The topological polar surface area (TPSA) is 84.0 Å². The molecule has 1 atom stereocenters. The first-order chi connectivity index (χ1) is 13.9. The van der Waals surface area contributed by atoms with Gasteiger partial charge in [-0.1, -0.05) is 12.1 Å². The molecule has 1 aliphatic rings. The molecule has 2 aromatic rings. The molecule has 1 aromatic carbocycles. The number of sulfonamides is 1. The van der Waals surface area contributed by atoms with Crippen molar-refractivity contribution in [2.75, 3.05) is 59.4 Å². The summed E-state index contributed by atoms with van der Waals surface area (Å²) in [5, 5.41) is 3.30. The summed E-state index contributed by atoms with van der Waals surface area (Å²) < 4.78 is 37.4. The van der Waals surface area contributed by atoms with Gasteiger partial charge in [-0.25, -0.2) is 13.4 Å². The maximum absolute atomic E-state index is 12.7. The van der Waals surface area contributed by atoms with Gasteiger partial charge in [0, 0.05) is 25.8 Å². The number of nitrogens with one attached hydrogen (secondary N) is 1. The Morgan fingerprint density at radius 1 is 1.24 bits per heavy atom. The second-order valence-corrected chi connectivity index (χ2v) is 8.97. The normalized spacial score (nSPS) is 16.6. The number of hydrogen-bond acceptors (Lipinski definition) is 7. The van der Waals surface area contributed by atoms with E-state index in [0.717, 1.165) is 11.3 Å². The van der Waals surface area contributed by atoms with Crippen molar-refractivity contribution in [3.63, 3.8) is 0 Å². The van der Waals surface area contributed by atoms with E-state index in [2.05, 4.69) is 21.3 Å². The molecule has 1 aliphatic heterocycles. The molecule has 1 fully saturated rings. The van der Waals surface area contributed by atoms with Crippen LogP contribution in [-0.2, 0) is 14.8 Å². The molecule has 1 saturated heterocycles. The predicted molar refractivity (Wildman–Crippen MR) is 112 cm³/mol. The summed E-state index contributed by atoms with van der Waals surface area (Å²) in [4.78, 5) is 6.61. The van der Waals surface area contributed by atoms with Crippen molar-refractivity contribution in [3.05, 3.63) is 48.2 Å². The molecule has 0 amide bonds. The predicted octanol–water partition coefficient (Wildman–Crippen LogP) is 1.83. The number of aromatic nitrogens is 1. The first-order valence-electron chi connectivity index (χ1n) is 9.50. The summed E-state index contributed by atoms with van der Waals surface area (Å²) in [5.74, 6) is 1.44. The molecule has 9 heteroatoms. The Balaban J connectivity index is 1.68. The van der Waals surface area contributed by atoms with Gasteiger partial charge in [0.2, 0.25) is 10.0 Å². The number of anilines is 1. The molecule has 29 heavy (non-hydrogen) atoms. The molecular formula is C20H28N4O4S. The maximum atomic E-state index is 12.7. The van der Waals surface area contributed by atoms with E-state index in [-0.39, 0.29) is 10.9 Å². The van der Waals surface area contributed by atoms with E-state index in [1.54, 1.807) is 19.2 Å². The van der Waals surface area contributed by atoms with E-state index in [1.807, 2.05) is 32.3 Å². The molecule has 2 heterocycles. The Morgan fingerprint density at radius 2 is 2.00 bits per heavy atom. The molecule has 3 rings (SSSR count).